The van der Waals surface area contributed by atoms with Crippen molar-refractivity contribution in [1.82, 2.24) is 4.98 Å². The molecule has 0 aliphatic rings. The molecule has 3 aromatic rings. The summed E-state index contributed by atoms with van der Waals surface area (Å²) in [6, 6.07) is 13.1. The van der Waals surface area contributed by atoms with Crippen LogP contribution in [0.15, 0.2) is 51.7 Å². The van der Waals surface area contributed by atoms with Crippen LogP contribution >= 0.6 is 11.6 Å². The number of aromatic nitrogens is 1. The minimum atomic E-state index is -0.440. The van der Waals surface area contributed by atoms with Gasteiger partial charge in [-0.3, -0.25) is 4.98 Å². The Morgan fingerprint density at radius 3 is 2.74 bits per heavy atom. The smallest absolute Gasteiger partial charge is 0.408 e. The fourth-order valence-corrected chi connectivity index (χ4v) is 1.99. The Hall–Kier alpha value is -2.20. The summed E-state index contributed by atoms with van der Waals surface area (Å²) in [6.07, 6.45) is 0. The Morgan fingerprint density at radius 2 is 1.95 bits per heavy atom. The summed E-state index contributed by atoms with van der Waals surface area (Å²) < 4.78 is 4.95. The van der Waals surface area contributed by atoms with Crippen molar-refractivity contribution in [3.63, 3.8) is 0 Å². The molecular weight excluding hydrogens is 264 g/mol. The van der Waals surface area contributed by atoms with E-state index in [4.69, 9.17) is 16.0 Å². The molecule has 0 aliphatic heterocycles. The molecule has 0 saturated heterocycles. The number of rotatable bonds is 3. The van der Waals surface area contributed by atoms with E-state index in [1.807, 2.05) is 36.4 Å². The van der Waals surface area contributed by atoms with Crippen molar-refractivity contribution in [2.75, 3.05) is 5.32 Å². The summed E-state index contributed by atoms with van der Waals surface area (Å²) in [5.74, 6) is -0.440. The first-order valence-corrected chi connectivity index (χ1v) is 6.20. The molecule has 4 nitrogen and oxygen atoms in total. The van der Waals surface area contributed by atoms with Crippen LogP contribution < -0.4 is 11.1 Å². The molecule has 2 N–H and O–H groups in total. The highest BCUT2D eigenvalue weighted by Gasteiger charge is 2.01. The van der Waals surface area contributed by atoms with Gasteiger partial charge in [-0.05, 0) is 35.9 Å². The third-order valence-corrected chi connectivity index (χ3v) is 3.08. The molecule has 0 saturated carbocycles. The van der Waals surface area contributed by atoms with Crippen molar-refractivity contribution in [3.05, 3.63) is 63.6 Å². The Morgan fingerprint density at radius 1 is 1.16 bits per heavy atom. The quantitative estimate of drug-likeness (QED) is 0.770. The van der Waals surface area contributed by atoms with Gasteiger partial charge in [0.25, 0.3) is 0 Å². The predicted molar refractivity (Wildman–Crippen MR) is 75.6 cm³/mol. The molecule has 5 heteroatoms. The summed E-state index contributed by atoms with van der Waals surface area (Å²) in [7, 11) is 0. The average molecular weight is 275 g/mol. The molecule has 0 bridgehead atoms. The summed E-state index contributed by atoms with van der Waals surface area (Å²) in [5.41, 5.74) is 3.29. The first-order valence-electron chi connectivity index (χ1n) is 5.82. The zero-order valence-electron chi connectivity index (χ0n) is 9.94. The Bertz CT molecular complexity index is 759. The summed E-state index contributed by atoms with van der Waals surface area (Å²) in [4.78, 5) is 13.7. The van der Waals surface area contributed by atoms with Crippen LogP contribution in [0.5, 0.6) is 0 Å². The molecule has 0 amide bonds. The number of H-pyrrole nitrogens is 1. The second-order valence-electron chi connectivity index (χ2n) is 4.21. The van der Waals surface area contributed by atoms with Gasteiger partial charge in [-0.15, -0.1) is 0 Å². The standard InChI is InChI=1S/C14H11ClN2O2/c15-10-3-1-9(2-4-10)8-16-11-5-6-13-12(7-11)17-14(18)19-13/h1-7,16H,8H2,(H,17,18). The maximum absolute atomic E-state index is 11.1. The summed E-state index contributed by atoms with van der Waals surface area (Å²) >= 11 is 5.83. The molecule has 0 fully saturated rings. The van der Waals surface area contributed by atoms with Gasteiger partial charge in [0, 0.05) is 17.3 Å². The maximum Gasteiger partial charge on any atom is 0.417 e. The van der Waals surface area contributed by atoms with E-state index in [2.05, 4.69) is 10.3 Å². The average Bonchev–Trinajstić information content (AvgIpc) is 2.77. The predicted octanol–water partition coefficient (Wildman–Crippen LogP) is 3.39. The SMILES string of the molecule is O=c1[nH]c2cc(NCc3ccc(Cl)cc3)ccc2o1. The number of hydrogen-bond acceptors (Lipinski definition) is 3. The van der Waals surface area contributed by atoms with E-state index in [1.54, 1.807) is 6.07 Å². The summed E-state index contributed by atoms with van der Waals surface area (Å²) in [5, 5.41) is 4.00. The number of benzene rings is 2. The van der Waals surface area contributed by atoms with E-state index in [-0.39, 0.29) is 0 Å². The minimum absolute atomic E-state index is 0.440. The van der Waals surface area contributed by atoms with Crippen LogP contribution in [0, 0.1) is 0 Å². The third-order valence-electron chi connectivity index (χ3n) is 2.83. The van der Waals surface area contributed by atoms with Crippen LogP contribution in [0.4, 0.5) is 5.69 Å². The molecular formula is C14H11ClN2O2. The number of hydrogen-bond donors (Lipinski definition) is 2. The van der Waals surface area contributed by atoms with Crippen LogP contribution in [0.2, 0.25) is 5.02 Å². The van der Waals surface area contributed by atoms with Gasteiger partial charge in [0.1, 0.15) is 0 Å². The number of oxazole rings is 1. The van der Waals surface area contributed by atoms with Crippen molar-refractivity contribution in [2.24, 2.45) is 0 Å². The highest BCUT2D eigenvalue weighted by molar-refractivity contribution is 6.30. The van der Waals surface area contributed by atoms with E-state index in [9.17, 15) is 4.79 Å². The van der Waals surface area contributed by atoms with E-state index in [0.717, 1.165) is 16.3 Å². The number of fused-ring (bicyclic) bond motifs is 1. The van der Waals surface area contributed by atoms with Gasteiger partial charge < -0.3 is 9.73 Å². The molecule has 1 heterocycles. The van der Waals surface area contributed by atoms with Crippen molar-refractivity contribution in [3.8, 4) is 0 Å². The highest BCUT2D eigenvalue weighted by Crippen LogP contribution is 2.17. The summed E-state index contributed by atoms with van der Waals surface area (Å²) in [6.45, 7) is 0.685. The third kappa shape index (κ3) is 2.63. The molecule has 3 rings (SSSR count). The van der Waals surface area contributed by atoms with E-state index >= 15 is 0 Å². The lowest BCUT2D eigenvalue weighted by molar-refractivity contribution is 0.555. The zero-order valence-corrected chi connectivity index (χ0v) is 10.7. The van der Waals surface area contributed by atoms with Crippen molar-refractivity contribution in [2.45, 2.75) is 6.54 Å². The van der Waals surface area contributed by atoms with E-state index < -0.39 is 5.76 Å². The number of anilines is 1. The first-order chi connectivity index (χ1) is 9.20. The lowest BCUT2D eigenvalue weighted by atomic mass is 10.2. The molecule has 0 aliphatic carbocycles. The second-order valence-corrected chi connectivity index (χ2v) is 4.64. The molecule has 0 unspecified atom stereocenters. The number of aromatic amines is 1. The van der Waals surface area contributed by atoms with Crippen molar-refractivity contribution >= 4 is 28.4 Å². The molecule has 1 aromatic heterocycles. The van der Waals surface area contributed by atoms with Crippen LogP contribution in [-0.2, 0) is 6.54 Å². The molecule has 0 spiro atoms. The Kier molecular flexibility index (Phi) is 3.01. The van der Waals surface area contributed by atoms with Gasteiger partial charge in [0.2, 0.25) is 0 Å². The van der Waals surface area contributed by atoms with E-state index in [1.165, 1.54) is 0 Å². The molecule has 19 heavy (non-hydrogen) atoms. The zero-order chi connectivity index (χ0) is 13.2. The second kappa shape index (κ2) is 4.82. The van der Waals surface area contributed by atoms with Crippen LogP contribution in [0.25, 0.3) is 11.1 Å². The lowest BCUT2D eigenvalue weighted by Gasteiger charge is -2.06. The molecule has 2 aromatic carbocycles. The monoisotopic (exact) mass is 274 g/mol. The molecule has 0 radical (unpaired) electrons. The lowest BCUT2D eigenvalue weighted by Crippen LogP contribution is -1.99. The number of nitrogens with one attached hydrogen (secondary N) is 2. The van der Waals surface area contributed by atoms with Crippen molar-refractivity contribution < 1.29 is 4.42 Å². The van der Waals surface area contributed by atoms with Gasteiger partial charge >= 0.3 is 5.76 Å². The van der Waals surface area contributed by atoms with Crippen LogP contribution in [0.1, 0.15) is 5.56 Å². The Balaban J connectivity index is 1.77. The normalized spacial score (nSPS) is 10.8. The molecule has 0 atom stereocenters. The van der Waals surface area contributed by atoms with Crippen molar-refractivity contribution in [1.29, 1.82) is 0 Å². The van der Waals surface area contributed by atoms with E-state index in [0.29, 0.717) is 17.6 Å². The maximum atomic E-state index is 11.1. The van der Waals surface area contributed by atoms with Crippen LogP contribution in [-0.4, -0.2) is 4.98 Å². The minimum Gasteiger partial charge on any atom is -0.408 e. The fraction of sp³-hybridized carbons (Fsp3) is 0.0714. The number of halogens is 1. The van der Waals surface area contributed by atoms with Gasteiger partial charge in [-0.2, -0.15) is 0 Å². The van der Waals surface area contributed by atoms with Gasteiger partial charge in [-0.1, -0.05) is 23.7 Å². The first kappa shape index (κ1) is 11.9. The van der Waals surface area contributed by atoms with Gasteiger partial charge in [0.15, 0.2) is 5.58 Å². The van der Waals surface area contributed by atoms with Gasteiger partial charge in [-0.25, -0.2) is 4.79 Å². The fourth-order valence-electron chi connectivity index (χ4n) is 1.87. The highest BCUT2D eigenvalue weighted by atomic mass is 35.5. The van der Waals surface area contributed by atoms with Crippen LogP contribution in [0.3, 0.4) is 0 Å². The topological polar surface area (TPSA) is 58.0 Å². The molecule has 96 valence electrons. The van der Waals surface area contributed by atoms with Gasteiger partial charge in [0.05, 0.1) is 5.52 Å². The largest absolute Gasteiger partial charge is 0.417 e. The Labute approximate surface area is 114 Å².